The van der Waals surface area contributed by atoms with Crippen molar-refractivity contribution in [1.29, 1.82) is 0 Å². The van der Waals surface area contributed by atoms with E-state index < -0.39 is 17.9 Å². The zero-order valence-electron chi connectivity index (χ0n) is 13.1. The maximum absolute atomic E-state index is 12.4. The van der Waals surface area contributed by atoms with E-state index in [1.165, 1.54) is 6.08 Å². The van der Waals surface area contributed by atoms with Crippen LogP contribution in [0.4, 0.5) is 0 Å². The number of benzene rings is 2. The van der Waals surface area contributed by atoms with Crippen LogP contribution in [0, 0.1) is 0 Å². The topological polar surface area (TPSA) is 55.4 Å². The lowest BCUT2D eigenvalue weighted by atomic mass is 10.1. The standard InChI is InChI=1S/C19H18ClNO3/c1-2-12-24-19(23)17(13-14-8-4-3-5-9-14)21-18(22)15-10-6-7-11-16(15)20/h2-11,17H,1,12-13H2,(H,21,22). The van der Waals surface area contributed by atoms with Gasteiger partial charge >= 0.3 is 5.97 Å². The summed E-state index contributed by atoms with van der Waals surface area (Å²) in [4.78, 5) is 24.7. The van der Waals surface area contributed by atoms with Crippen LogP contribution in [0.1, 0.15) is 15.9 Å². The molecule has 2 aromatic rings. The summed E-state index contributed by atoms with van der Waals surface area (Å²) in [5.41, 5.74) is 1.23. The van der Waals surface area contributed by atoms with Crippen molar-refractivity contribution in [2.24, 2.45) is 0 Å². The summed E-state index contributed by atoms with van der Waals surface area (Å²) in [6.07, 6.45) is 1.81. The highest BCUT2D eigenvalue weighted by Crippen LogP contribution is 2.15. The zero-order chi connectivity index (χ0) is 17.4. The second-order valence-corrected chi connectivity index (χ2v) is 5.52. The minimum Gasteiger partial charge on any atom is -0.460 e. The molecule has 1 atom stereocenters. The maximum atomic E-state index is 12.4. The summed E-state index contributed by atoms with van der Waals surface area (Å²) < 4.78 is 5.09. The highest BCUT2D eigenvalue weighted by Gasteiger charge is 2.24. The van der Waals surface area contributed by atoms with Crippen molar-refractivity contribution < 1.29 is 14.3 Å². The Morgan fingerprint density at radius 1 is 1.12 bits per heavy atom. The molecule has 0 fully saturated rings. The molecule has 0 aromatic heterocycles. The van der Waals surface area contributed by atoms with Gasteiger partial charge in [-0.05, 0) is 17.7 Å². The first-order chi connectivity index (χ1) is 11.6. The molecule has 0 bridgehead atoms. The van der Waals surface area contributed by atoms with Crippen molar-refractivity contribution in [1.82, 2.24) is 5.32 Å². The number of carbonyl (C=O) groups excluding carboxylic acids is 2. The van der Waals surface area contributed by atoms with Crippen LogP contribution in [0.2, 0.25) is 5.02 Å². The third-order valence-corrected chi connectivity index (χ3v) is 3.66. The monoisotopic (exact) mass is 343 g/mol. The zero-order valence-corrected chi connectivity index (χ0v) is 13.8. The van der Waals surface area contributed by atoms with E-state index in [4.69, 9.17) is 16.3 Å². The van der Waals surface area contributed by atoms with Gasteiger partial charge in [-0.25, -0.2) is 4.79 Å². The van der Waals surface area contributed by atoms with E-state index in [1.54, 1.807) is 24.3 Å². The molecule has 0 aliphatic rings. The van der Waals surface area contributed by atoms with Crippen molar-refractivity contribution in [3.63, 3.8) is 0 Å². The highest BCUT2D eigenvalue weighted by molar-refractivity contribution is 6.33. The van der Waals surface area contributed by atoms with Gasteiger partial charge in [-0.1, -0.05) is 66.7 Å². The molecule has 0 spiro atoms. The SMILES string of the molecule is C=CCOC(=O)C(Cc1ccccc1)NC(=O)c1ccccc1Cl. The lowest BCUT2D eigenvalue weighted by molar-refractivity contribution is -0.144. The van der Waals surface area contributed by atoms with Gasteiger partial charge in [-0.15, -0.1) is 0 Å². The van der Waals surface area contributed by atoms with Gasteiger partial charge < -0.3 is 10.1 Å². The van der Waals surface area contributed by atoms with Crippen molar-refractivity contribution >= 4 is 23.5 Å². The van der Waals surface area contributed by atoms with E-state index in [2.05, 4.69) is 11.9 Å². The highest BCUT2D eigenvalue weighted by atomic mass is 35.5. The summed E-state index contributed by atoms with van der Waals surface area (Å²) in [7, 11) is 0. The van der Waals surface area contributed by atoms with Gasteiger partial charge in [-0.3, -0.25) is 4.79 Å². The average molecular weight is 344 g/mol. The minimum atomic E-state index is -0.809. The van der Waals surface area contributed by atoms with Gasteiger partial charge in [0.15, 0.2) is 0 Å². The molecule has 0 saturated carbocycles. The molecule has 1 unspecified atom stereocenters. The quantitative estimate of drug-likeness (QED) is 0.619. The molecule has 5 heteroatoms. The largest absolute Gasteiger partial charge is 0.460 e. The molecule has 2 aromatic carbocycles. The third-order valence-electron chi connectivity index (χ3n) is 3.33. The molecule has 0 saturated heterocycles. The molecular formula is C19H18ClNO3. The molecule has 4 nitrogen and oxygen atoms in total. The van der Waals surface area contributed by atoms with Crippen LogP contribution >= 0.6 is 11.6 Å². The Hall–Kier alpha value is -2.59. The number of esters is 1. The van der Waals surface area contributed by atoms with E-state index in [0.29, 0.717) is 17.0 Å². The Labute approximate surface area is 146 Å². The first-order valence-corrected chi connectivity index (χ1v) is 7.86. The molecule has 2 rings (SSSR count). The van der Waals surface area contributed by atoms with Crippen LogP contribution in [0.15, 0.2) is 67.3 Å². The average Bonchev–Trinajstić information content (AvgIpc) is 2.60. The van der Waals surface area contributed by atoms with Crippen LogP contribution in [-0.2, 0) is 16.0 Å². The predicted octanol–water partition coefficient (Wildman–Crippen LogP) is 3.41. The summed E-state index contributed by atoms with van der Waals surface area (Å²) in [6.45, 7) is 3.60. The predicted molar refractivity (Wildman–Crippen MR) is 94.0 cm³/mol. The van der Waals surface area contributed by atoms with Gasteiger partial charge in [0, 0.05) is 6.42 Å². The molecule has 24 heavy (non-hydrogen) atoms. The fourth-order valence-corrected chi connectivity index (χ4v) is 2.39. The van der Waals surface area contributed by atoms with Crippen LogP contribution in [-0.4, -0.2) is 24.5 Å². The number of hydrogen-bond acceptors (Lipinski definition) is 3. The van der Waals surface area contributed by atoms with Crippen LogP contribution in [0.25, 0.3) is 0 Å². The van der Waals surface area contributed by atoms with Crippen molar-refractivity contribution in [3.05, 3.63) is 83.4 Å². The molecule has 0 radical (unpaired) electrons. The number of amides is 1. The lowest BCUT2D eigenvalue weighted by Gasteiger charge is -2.18. The Morgan fingerprint density at radius 2 is 1.79 bits per heavy atom. The molecule has 0 aliphatic carbocycles. The van der Waals surface area contributed by atoms with Crippen molar-refractivity contribution in [2.75, 3.05) is 6.61 Å². The smallest absolute Gasteiger partial charge is 0.329 e. The number of nitrogens with one attached hydrogen (secondary N) is 1. The van der Waals surface area contributed by atoms with Crippen molar-refractivity contribution in [3.8, 4) is 0 Å². The number of halogens is 1. The van der Waals surface area contributed by atoms with Crippen LogP contribution in [0.3, 0.4) is 0 Å². The number of hydrogen-bond donors (Lipinski definition) is 1. The summed E-state index contributed by atoms with van der Waals surface area (Å²) in [6, 6.07) is 15.3. The number of ether oxygens (including phenoxy) is 1. The Balaban J connectivity index is 2.15. The van der Waals surface area contributed by atoms with E-state index in [9.17, 15) is 9.59 Å². The maximum Gasteiger partial charge on any atom is 0.329 e. The summed E-state index contributed by atoms with van der Waals surface area (Å²) in [5, 5.41) is 3.03. The summed E-state index contributed by atoms with van der Waals surface area (Å²) in [5.74, 6) is -0.934. The van der Waals surface area contributed by atoms with Gasteiger partial charge in [0.1, 0.15) is 12.6 Å². The normalized spacial score (nSPS) is 11.4. The Kier molecular flexibility index (Phi) is 6.58. The fourth-order valence-electron chi connectivity index (χ4n) is 2.17. The second kappa shape index (κ2) is 8.89. The first-order valence-electron chi connectivity index (χ1n) is 7.48. The Morgan fingerprint density at radius 3 is 2.46 bits per heavy atom. The number of carbonyl (C=O) groups is 2. The fraction of sp³-hybridized carbons (Fsp3) is 0.158. The van der Waals surface area contributed by atoms with E-state index in [0.717, 1.165) is 5.56 Å². The van der Waals surface area contributed by atoms with Crippen LogP contribution in [0.5, 0.6) is 0 Å². The third kappa shape index (κ3) is 4.96. The molecule has 1 amide bonds. The van der Waals surface area contributed by atoms with Gasteiger partial charge in [0.05, 0.1) is 10.6 Å². The van der Waals surface area contributed by atoms with Gasteiger partial charge in [0.2, 0.25) is 0 Å². The van der Waals surface area contributed by atoms with Crippen molar-refractivity contribution in [2.45, 2.75) is 12.5 Å². The molecule has 0 aliphatic heterocycles. The van der Waals surface area contributed by atoms with Crippen LogP contribution < -0.4 is 5.32 Å². The molecule has 124 valence electrons. The first kappa shape index (κ1) is 17.8. The van der Waals surface area contributed by atoms with E-state index in [-0.39, 0.29) is 6.61 Å². The lowest BCUT2D eigenvalue weighted by Crippen LogP contribution is -2.43. The molecule has 0 heterocycles. The van der Waals surface area contributed by atoms with Gasteiger partial charge in [0.25, 0.3) is 5.91 Å². The molecule has 1 N–H and O–H groups in total. The van der Waals surface area contributed by atoms with E-state index >= 15 is 0 Å². The molecular weight excluding hydrogens is 326 g/mol. The second-order valence-electron chi connectivity index (χ2n) is 5.11. The van der Waals surface area contributed by atoms with E-state index in [1.807, 2.05) is 30.3 Å². The Bertz CT molecular complexity index is 716. The number of rotatable bonds is 7. The van der Waals surface area contributed by atoms with Gasteiger partial charge in [-0.2, -0.15) is 0 Å². The minimum absolute atomic E-state index is 0.0894. The summed E-state index contributed by atoms with van der Waals surface area (Å²) >= 11 is 6.04.